The van der Waals surface area contributed by atoms with E-state index in [2.05, 4.69) is 44.1 Å². The molecule has 0 spiro atoms. The average Bonchev–Trinajstić information content (AvgIpc) is 3.06. The fraction of sp³-hybridized carbons (Fsp3) is 0.217. The first-order chi connectivity index (χ1) is 15.8. The van der Waals surface area contributed by atoms with Gasteiger partial charge in [0, 0.05) is 43.4 Å². The van der Waals surface area contributed by atoms with Gasteiger partial charge in [0.2, 0.25) is 5.95 Å². The zero-order valence-electron chi connectivity index (χ0n) is 18.1. The van der Waals surface area contributed by atoms with Gasteiger partial charge in [0.1, 0.15) is 16.6 Å². The first-order valence-corrected chi connectivity index (χ1v) is 10.4. The number of benzene rings is 2. The molecule has 8 nitrogen and oxygen atoms in total. The van der Waals surface area contributed by atoms with Crippen LogP contribution in [0.2, 0.25) is 0 Å². The number of hydrogen-bond acceptors (Lipinski definition) is 6. The summed E-state index contributed by atoms with van der Waals surface area (Å²) < 4.78 is 29.6. The highest BCUT2D eigenvalue weighted by atomic mass is 19.1. The third kappa shape index (κ3) is 3.63. The Balaban J connectivity index is 1.52. The van der Waals surface area contributed by atoms with Crippen LogP contribution in [0.1, 0.15) is 17.3 Å². The number of aryl methyl sites for hydroxylation is 1. The molecule has 1 aliphatic rings. The number of piperazine rings is 1. The number of amides is 1. The van der Waals surface area contributed by atoms with Crippen LogP contribution < -0.4 is 15.5 Å². The molecule has 10 heteroatoms. The molecule has 2 aromatic heterocycles. The molecule has 168 valence electrons. The van der Waals surface area contributed by atoms with Gasteiger partial charge >= 0.3 is 0 Å². The second-order valence-electron chi connectivity index (χ2n) is 8.14. The predicted molar refractivity (Wildman–Crippen MR) is 122 cm³/mol. The van der Waals surface area contributed by atoms with Crippen LogP contribution in [-0.4, -0.2) is 44.8 Å². The van der Waals surface area contributed by atoms with Gasteiger partial charge in [-0.05, 0) is 31.2 Å². The van der Waals surface area contributed by atoms with E-state index in [0.29, 0.717) is 17.6 Å². The highest BCUT2D eigenvalue weighted by Gasteiger charge is 2.23. The summed E-state index contributed by atoms with van der Waals surface area (Å²) in [5, 5.41) is 9.76. The molecule has 2 aromatic carbocycles. The number of nitrogens with zero attached hydrogens (tertiary/aromatic N) is 5. The van der Waals surface area contributed by atoms with E-state index in [1.807, 2.05) is 6.07 Å². The number of carbonyl (C=O) groups excluding carboxylic acids is 1. The smallest absolute Gasteiger partial charge is 0.257 e. The van der Waals surface area contributed by atoms with E-state index in [1.165, 1.54) is 19.3 Å². The molecule has 33 heavy (non-hydrogen) atoms. The van der Waals surface area contributed by atoms with Gasteiger partial charge in [0.25, 0.3) is 5.91 Å². The minimum atomic E-state index is -0.727. The quantitative estimate of drug-likeness (QED) is 0.499. The van der Waals surface area contributed by atoms with Gasteiger partial charge in [-0.2, -0.15) is 9.49 Å². The molecule has 3 heterocycles. The highest BCUT2D eigenvalue weighted by Crippen LogP contribution is 2.30. The van der Waals surface area contributed by atoms with Crippen molar-refractivity contribution in [3.05, 3.63) is 66.3 Å². The van der Waals surface area contributed by atoms with Crippen molar-refractivity contribution in [1.82, 2.24) is 25.1 Å². The van der Waals surface area contributed by atoms with Crippen molar-refractivity contribution in [1.29, 1.82) is 0 Å². The highest BCUT2D eigenvalue weighted by molar-refractivity contribution is 6.13. The maximum atomic E-state index is 14.4. The monoisotopic (exact) mass is 449 g/mol. The van der Waals surface area contributed by atoms with E-state index in [-0.39, 0.29) is 28.2 Å². The fourth-order valence-corrected chi connectivity index (χ4v) is 4.23. The zero-order valence-corrected chi connectivity index (χ0v) is 18.1. The SMILES string of the molecule is C=C1CN(c2ccc(C(=O)Nc3cc(F)c4nn(C)c(F)c4c3)c3nccnc23)C[C@H](C)N1. The molecule has 2 N–H and O–H groups in total. The van der Waals surface area contributed by atoms with Gasteiger partial charge in [0.15, 0.2) is 5.82 Å². The number of hydrogen-bond donors (Lipinski definition) is 2. The van der Waals surface area contributed by atoms with E-state index in [1.54, 1.807) is 12.3 Å². The lowest BCUT2D eigenvalue weighted by atomic mass is 10.1. The van der Waals surface area contributed by atoms with Gasteiger partial charge in [-0.3, -0.25) is 14.8 Å². The minimum absolute atomic E-state index is 0.0131. The Morgan fingerprint density at radius 1 is 1.18 bits per heavy atom. The van der Waals surface area contributed by atoms with Gasteiger partial charge in [-0.15, -0.1) is 0 Å². The minimum Gasteiger partial charge on any atom is -0.383 e. The molecule has 1 saturated heterocycles. The summed E-state index contributed by atoms with van der Waals surface area (Å²) in [6.07, 6.45) is 3.08. The van der Waals surface area contributed by atoms with E-state index in [0.717, 1.165) is 28.7 Å². The fourth-order valence-electron chi connectivity index (χ4n) is 4.23. The molecule has 0 unspecified atom stereocenters. The Bertz CT molecular complexity index is 1430. The van der Waals surface area contributed by atoms with Crippen LogP contribution in [0.5, 0.6) is 0 Å². The summed E-state index contributed by atoms with van der Waals surface area (Å²) in [5.41, 5.74) is 3.02. The number of anilines is 2. The van der Waals surface area contributed by atoms with Crippen LogP contribution in [0.4, 0.5) is 20.2 Å². The lowest BCUT2D eigenvalue weighted by Gasteiger charge is -2.35. The molecule has 1 fully saturated rings. The summed E-state index contributed by atoms with van der Waals surface area (Å²) in [6, 6.07) is 6.16. The van der Waals surface area contributed by atoms with E-state index >= 15 is 0 Å². The van der Waals surface area contributed by atoms with Gasteiger partial charge < -0.3 is 15.5 Å². The van der Waals surface area contributed by atoms with Crippen LogP contribution in [-0.2, 0) is 7.05 Å². The summed E-state index contributed by atoms with van der Waals surface area (Å²) in [5.74, 6) is -1.92. The molecule has 0 saturated carbocycles. The Morgan fingerprint density at radius 3 is 2.70 bits per heavy atom. The van der Waals surface area contributed by atoms with E-state index in [4.69, 9.17) is 0 Å². The Morgan fingerprint density at radius 2 is 1.94 bits per heavy atom. The summed E-state index contributed by atoms with van der Waals surface area (Å²) in [6.45, 7) is 7.45. The second kappa shape index (κ2) is 7.80. The van der Waals surface area contributed by atoms with Crippen molar-refractivity contribution in [2.24, 2.45) is 7.05 Å². The molecular formula is C23H21F2N7O. The first-order valence-electron chi connectivity index (χ1n) is 10.4. The molecule has 0 bridgehead atoms. The third-order valence-electron chi connectivity index (χ3n) is 5.59. The molecule has 0 aliphatic carbocycles. The topological polar surface area (TPSA) is 88.0 Å². The number of rotatable bonds is 3. The Kier molecular flexibility index (Phi) is 4.92. The van der Waals surface area contributed by atoms with E-state index in [9.17, 15) is 13.6 Å². The van der Waals surface area contributed by atoms with Crippen molar-refractivity contribution in [2.45, 2.75) is 13.0 Å². The molecule has 4 aromatic rings. The van der Waals surface area contributed by atoms with Crippen LogP contribution >= 0.6 is 0 Å². The zero-order chi connectivity index (χ0) is 23.3. The third-order valence-corrected chi connectivity index (χ3v) is 5.59. The van der Waals surface area contributed by atoms with Crippen molar-refractivity contribution in [3.63, 3.8) is 0 Å². The van der Waals surface area contributed by atoms with E-state index < -0.39 is 17.7 Å². The van der Waals surface area contributed by atoms with Crippen LogP contribution in [0.25, 0.3) is 21.9 Å². The van der Waals surface area contributed by atoms with Crippen LogP contribution in [0, 0.1) is 11.8 Å². The lowest BCUT2D eigenvalue weighted by Crippen LogP contribution is -2.47. The standard InChI is InChI=1S/C23H21F2N7O/c1-12-10-32(11-13(2)28-12)18-5-4-15(20-21(18)27-7-6-26-20)23(33)29-14-8-16-19(17(24)9-14)30-31(3)22(16)25/h4-9,13,28H,1,10-11H2,2-3H3,(H,29,33)/t13-/m0/s1. The molecule has 0 radical (unpaired) electrons. The molecular weight excluding hydrogens is 428 g/mol. The summed E-state index contributed by atoms with van der Waals surface area (Å²) >= 11 is 0. The average molecular weight is 449 g/mol. The number of aromatic nitrogens is 4. The lowest BCUT2D eigenvalue weighted by molar-refractivity contribution is 0.102. The first kappa shape index (κ1) is 20.8. The van der Waals surface area contributed by atoms with Crippen molar-refractivity contribution < 1.29 is 13.6 Å². The van der Waals surface area contributed by atoms with Gasteiger partial charge in [-0.25, -0.2) is 9.07 Å². The predicted octanol–water partition coefficient (Wildman–Crippen LogP) is 3.36. The second-order valence-corrected chi connectivity index (χ2v) is 8.14. The number of nitrogens with one attached hydrogen (secondary N) is 2. The number of halogens is 2. The van der Waals surface area contributed by atoms with Crippen molar-refractivity contribution >= 4 is 39.2 Å². The largest absolute Gasteiger partial charge is 0.383 e. The summed E-state index contributed by atoms with van der Waals surface area (Å²) in [7, 11) is 1.38. The molecule has 1 amide bonds. The van der Waals surface area contributed by atoms with Gasteiger partial charge in [0.05, 0.1) is 23.2 Å². The van der Waals surface area contributed by atoms with Gasteiger partial charge in [-0.1, -0.05) is 6.58 Å². The summed E-state index contributed by atoms with van der Waals surface area (Å²) in [4.78, 5) is 24.1. The van der Waals surface area contributed by atoms with Crippen LogP contribution in [0.3, 0.4) is 0 Å². The Hall–Kier alpha value is -4.08. The number of fused-ring (bicyclic) bond motifs is 2. The number of carbonyl (C=O) groups is 1. The molecule has 1 aliphatic heterocycles. The van der Waals surface area contributed by atoms with Crippen molar-refractivity contribution in [2.75, 3.05) is 23.3 Å². The molecule has 1 atom stereocenters. The maximum Gasteiger partial charge on any atom is 0.257 e. The van der Waals surface area contributed by atoms with Crippen molar-refractivity contribution in [3.8, 4) is 0 Å². The maximum absolute atomic E-state index is 14.4. The van der Waals surface area contributed by atoms with Crippen LogP contribution in [0.15, 0.2) is 48.9 Å². The normalized spacial score (nSPS) is 16.3. The Labute approximate surface area is 187 Å². The molecule has 5 rings (SSSR count).